The fraction of sp³-hybridized carbons (Fsp3) is 0.0909. The smallest absolute Gasteiger partial charge is 0.240 e. The van der Waals surface area contributed by atoms with Crippen LogP contribution < -0.4 is 14.8 Å². The van der Waals surface area contributed by atoms with Gasteiger partial charge in [-0.25, -0.2) is 23.1 Å². The van der Waals surface area contributed by atoms with Gasteiger partial charge in [0.25, 0.3) is 0 Å². The van der Waals surface area contributed by atoms with Crippen LogP contribution in [0.3, 0.4) is 0 Å². The molecule has 2 N–H and O–H groups in total. The Kier molecular flexibility index (Phi) is 6.25. The van der Waals surface area contributed by atoms with Crippen molar-refractivity contribution in [3.05, 3.63) is 91.5 Å². The number of ether oxygens (including phenoxy) is 1. The lowest BCUT2D eigenvalue weighted by Gasteiger charge is -2.10. The van der Waals surface area contributed by atoms with Crippen LogP contribution in [-0.2, 0) is 10.0 Å². The topological polar surface area (TPSA) is 98.1 Å². The fourth-order valence-electron chi connectivity index (χ4n) is 2.84. The molecule has 0 radical (unpaired) electrons. The molecule has 0 atom stereocenters. The van der Waals surface area contributed by atoms with Crippen molar-refractivity contribution in [1.29, 1.82) is 0 Å². The molecule has 0 fully saturated rings. The van der Waals surface area contributed by atoms with Gasteiger partial charge in [0.1, 0.15) is 29.5 Å². The summed E-state index contributed by atoms with van der Waals surface area (Å²) in [6, 6.07) is 21.2. The van der Waals surface area contributed by atoms with Gasteiger partial charge < -0.3 is 14.6 Å². The maximum atomic E-state index is 12.5. The van der Waals surface area contributed by atoms with Crippen LogP contribution in [0.5, 0.6) is 11.5 Å². The normalized spacial score (nSPS) is 11.2. The highest BCUT2D eigenvalue weighted by molar-refractivity contribution is 7.89. The molecule has 0 aliphatic rings. The molecule has 8 nitrogen and oxygen atoms in total. The summed E-state index contributed by atoms with van der Waals surface area (Å²) in [5.41, 5.74) is 0. The Labute approximate surface area is 180 Å². The number of rotatable bonds is 9. The van der Waals surface area contributed by atoms with Gasteiger partial charge in [-0.15, -0.1) is 0 Å². The van der Waals surface area contributed by atoms with E-state index in [2.05, 4.69) is 20.0 Å². The maximum Gasteiger partial charge on any atom is 0.240 e. The molecule has 0 unspecified atom stereocenters. The summed E-state index contributed by atoms with van der Waals surface area (Å²) in [4.78, 5) is 8.54. The Hall–Kier alpha value is -3.69. The van der Waals surface area contributed by atoms with Gasteiger partial charge in [0.15, 0.2) is 0 Å². The van der Waals surface area contributed by atoms with Crippen molar-refractivity contribution >= 4 is 15.8 Å². The largest absolute Gasteiger partial charge is 0.457 e. The molecule has 0 amide bonds. The minimum absolute atomic E-state index is 0.171. The van der Waals surface area contributed by atoms with Gasteiger partial charge in [0.05, 0.1) is 4.90 Å². The number of hydrogen-bond acceptors (Lipinski definition) is 6. The first kappa shape index (κ1) is 20.6. The van der Waals surface area contributed by atoms with Gasteiger partial charge in [-0.1, -0.05) is 18.2 Å². The zero-order chi connectivity index (χ0) is 21.5. The monoisotopic (exact) mass is 435 g/mol. The predicted molar refractivity (Wildman–Crippen MR) is 118 cm³/mol. The number of nitrogens with one attached hydrogen (secondary N) is 2. The second kappa shape index (κ2) is 9.41. The SMILES string of the molecule is O=S(=O)(NCCNc1cc(-n2cccc2)ncn1)c1ccc(Oc2ccccc2)cc1. The molecule has 0 aliphatic carbocycles. The van der Waals surface area contributed by atoms with Crippen molar-refractivity contribution in [3.8, 4) is 17.3 Å². The van der Waals surface area contributed by atoms with Crippen LogP contribution in [0.25, 0.3) is 5.82 Å². The molecule has 0 spiro atoms. The number of aromatic nitrogens is 3. The summed E-state index contributed by atoms with van der Waals surface area (Å²) in [6.45, 7) is 0.573. The molecule has 2 aromatic heterocycles. The Bertz CT molecular complexity index is 1210. The summed E-state index contributed by atoms with van der Waals surface area (Å²) in [7, 11) is -3.63. The third kappa shape index (κ3) is 5.47. The first-order valence-corrected chi connectivity index (χ1v) is 11.1. The molecule has 0 aliphatic heterocycles. The molecule has 4 rings (SSSR count). The van der Waals surface area contributed by atoms with E-state index in [0.717, 1.165) is 5.82 Å². The molecule has 158 valence electrons. The fourth-order valence-corrected chi connectivity index (χ4v) is 3.87. The van der Waals surface area contributed by atoms with E-state index in [1.54, 1.807) is 18.2 Å². The molecule has 0 saturated carbocycles. The summed E-state index contributed by atoms with van der Waals surface area (Å²) < 4.78 is 35.2. The predicted octanol–water partition coefficient (Wildman–Crippen LogP) is 3.45. The molecule has 0 saturated heterocycles. The van der Waals surface area contributed by atoms with Crippen LogP contribution >= 0.6 is 0 Å². The lowest BCUT2D eigenvalue weighted by atomic mass is 10.3. The highest BCUT2D eigenvalue weighted by atomic mass is 32.2. The summed E-state index contributed by atoms with van der Waals surface area (Å²) in [6.07, 6.45) is 5.23. The van der Waals surface area contributed by atoms with Crippen molar-refractivity contribution in [3.63, 3.8) is 0 Å². The first-order valence-electron chi connectivity index (χ1n) is 9.62. The van der Waals surface area contributed by atoms with Crippen LogP contribution in [0.1, 0.15) is 0 Å². The second-order valence-electron chi connectivity index (χ2n) is 6.56. The molecule has 0 bridgehead atoms. The Morgan fingerprint density at radius 2 is 1.55 bits per heavy atom. The van der Waals surface area contributed by atoms with Gasteiger partial charge in [0, 0.05) is 31.5 Å². The van der Waals surface area contributed by atoms with E-state index < -0.39 is 10.0 Å². The van der Waals surface area contributed by atoms with Gasteiger partial charge >= 0.3 is 0 Å². The third-order valence-electron chi connectivity index (χ3n) is 4.36. The maximum absolute atomic E-state index is 12.5. The van der Waals surface area contributed by atoms with Crippen molar-refractivity contribution in [2.24, 2.45) is 0 Å². The van der Waals surface area contributed by atoms with E-state index in [4.69, 9.17) is 4.74 Å². The Balaban J connectivity index is 1.30. The molecule has 4 aromatic rings. The second-order valence-corrected chi connectivity index (χ2v) is 8.33. The van der Waals surface area contributed by atoms with E-state index >= 15 is 0 Å². The zero-order valence-electron chi connectivity index (χ0n) is 16.5. The van der Waals surface area contributed by atoms with Crippen LogP contribution in [0, 0.1) is 0 Å². The quantitative estimate of drug-likeness (QED) is 0.391. The van der Waals surface area contributed by atoms with Crippen LogP contribution in [0.2, 0.25) is 0 Å². The van der Waals surface area contributed by atoms with Crippen LogP contribution in [0.15, 0.2) is 96.4 Å². The Morgan fingerprint density at radius 1 is 0.839 bits per heavy atom. The van der Waals surface area contributed by atoms with Gasteiger partial charge in [-0.2, -0.15) is 0 Å². The van der Waals surface area contributed by atoms with Crippen molar-refractivity contribution in [2.75, 3.05) is 18.4 Å². The number of sulfonamides is 1. The number of anilines is 1. The van der Waals surface area contributed by atoms with E-state index in [9.17, 15) is 8.42 Å². The number of para-hydroxylation sites is 1. The molecule has 9 heteroatoms. The molecular weight excluding hydrogens is 414 g/mol. The number of benzene rings is 2. The van der Waals surface area contributed by atoms with Gasteiger partial charge in [-0.05, 0) is 48.5 Å². The van der Waals surface area contributed by atoms with E-state index in [-0.39, 0.29) is 11.4 Å². The minimum Gasteiger partial charge on any atom is -0.457 e. The van der Waals surface area contributed by atoms with E-state index in [1.165, 1.54) is 18.5 Å². The first-order chi connectivity index (χ1) is 15.1. The van der Waals surface area contributed by atoms with Gasteiger partial charge in [-0.3, -0.25) is 0 Å². The zero-order valence-corrected chi connectivity index (χ0v) is 17.4. The van der Waals surface area contributed by atoms with Crippen molar-refractivity contribution < 1.29 is 13.2 Å². The van der Waals surface area contributed by atoms with Gasteiger partial charge in [0.2, 0.25) is 10.0 Å². The van der Waals surface area contributed by atoms with Crippen molar-refractivity contribution in [1.82, 2.24) is 19.3 Å². The summed E-state index contributed by atoms with van der Waals surface area (Å²) in [5.74, 6) is 2.59. The van der Waals surface area contributed by atoms with E-state index in [1.807, 2.05) is 59.4 Å². The molecular formula is C22H21N5O3S. The Morgan fingerprint density at radius 3 is 2.29 bits per heavy atom. The third-order valence-corrected chi connectivity index (χ3v) is 5.83. The summed E-state index contributed by atoms with van der Waals surface area (Å²) in [5, 5.41) is 3.10. The number of hydrogen-bond donors (Lipinski definition) is 2. The van der Waals surface area contributed by atoms with Crippen LogP contribution in [0.4, 0.5) is 5.82 Å². The van der Waals surface area contributed by atoms with E-state index in [0.29, 0.717) is 23.9 Å². The molecule has 2 aromatic carbocycles. The molecule has 2 heterocycles. The standard InChI is InChI=1S/C22H21N5O3S/c28-31(29,20-10-8-19(9-11-20)30-18-6-2-1-3-7-18)26-13-12-23-21-16-22(25-17-24-21)27-14-4-5-15-27/h1-11,14-17,26H,12-13H2,(H,23,24,25). The summed E-state index contributed by atoms with van der Waals surface area (Å²) >= 11 is 0. The lowest BCUT2D eigenvalue weighted by Crippen LogP contribution is -2.29. The highest BCUT2D eigenvalue weighted by Gasteiger charge is 2.13. The lowest BCUT2D eigenvalue weighted by molar-refractivity contribution is 0.482. The van der Waals surface area contributed by atoms with Crippen molar-refractivity contribution in [2.45, 2.75) is 4.90 Å². The average Bonchev–Trinajstić information content (AvgIpc) is 3.33. The van der Waals surface area contributed by atoms with Crippen LogP contribution in [-0.4, -0.2) is 36.0 Å². The average molecular weight is 436 g/mol. The number of nitrogens with zero attached hydrogens (tertiary/aromatic N) is 3. The highest BCUT2D eigenvalue weighted by Crippen LogP contribution is 2.22. The molecule has 31 heavy (non-hydrogen) atoms. The minimum atomic E-state index is -3.63.